The first-order valence-electron chi connectivity index (χ1n) is 6.82. The van der Waals surface area contributed by atoms with Crippen LogP contribution < -0.4 is 10.6 Å². The minimum atomic E-state index is -0.998. The van der Waals surface area contributed by atoms with E-state index in [0.717, 1.165) is 6.42 Å². The van der Waals surface area contributed by atoms with Gasteiger partial charge in [-0.2, -0.15) is 0 Å². The molecule has 3 amide bonds. The number of carboxylic acids is 1. The summed E-state index contributed by atoms with van der Waals surface area (Å²) in [5, 5.41) is 13.6. The highest BCUT2D eigenvalue weighted by atomic mass is 16.4. The monoisotopic (exact) mass is 287 g/mol. The second-order valence-corrected chi connectivity index (χ2v) is 5.13. The molecule has 0 aliphatic heterocycles. The molecule has 20 heavy (non-hydrogen) atoms. The summed E-state index contributed by atoms with van der Waals surface area (Å²) in [7, 11) is 0. The van der Waals surface area contributed by atoms with Crippen LogP contribution in [0.3, 0.4) is 0 Å². The van der Waals surface area contributed by atoms with Gasteiger partial charge in [0.05, 0.1) is 12.6 Å². The average Bonchev–Trinajstić information content (AvgIpc) is 2.34. The molecule has 0 heterocycles. The molecular formula is C13H25N3O4. The summed E-state index contributed by atoms with van der Waals surface area (Å²) in [4.78, 5) is 35.7. The van der Waals surface area contributed by atoms with Crippen LogP contribution in [0.4, 0.5) is 4.79 Å². The molecule has 0 bridgehead atoms. The van der Waals surface area contributed by atoms with Crippen molar-refractivity contribution in [2.24, 2.45) is 5.92 Å². The molecule has 0 spiro atoms. The molecule has 0 aliphatic rings. The van der Waals surface area contributed by atoms with Gasteiger partial charge < -0.3 is 10.4 Å². The SMILES string of the molecule is CCCN(CC(=O)O)C(C)C(=O)NC(=O)NCC(C)C. The third-order valence-corrected chi connectivity index (χ3v) is 2.68. The van der Waals surface area contributed by atoms with Crippen molar-refractivity contribution in [3.63, 3.8) is 0 Å². The van der Waals surface area contributed by atoms with Crippen molar-refractivity contribution in [2.45, 2.75) is 40.2 Å². The summed E-state index contributed by atoms with van der Waals surface area (Å²) in [6, 6.07) is -1.22. The van der Waals surface area contributed by atoms with Gasteiger partial charge in [-0.15, -0.1) is 0 Å². The number of amides is 3. The molecule has 1 unspecified atom stereocenters. The maximum absolute atomic E-state index is 11.9. The standard InChI is InChI=1S/C13H25N3O4/c1-5-6-16(8-11(17)18)10(4)12(19)15-13(20)14-7-9(2)3/h9-10H,5-8H2,1-4H3,(H,17,18)(H2,14,15,19,20). The van der Waals surface area contributed by atoms with Gasteiger partial charge in [0.15, 0.2) is 0 Å². The molecular weight excluding hydrogens is 262 g/mol. The van der Waals surface area contributed by atoms with E-state index in [9.17, 15) is 14.4 Å². The molecule has 0 radical (unpaired) electrons. The van der Waals surface area contributed by atoms with Gasteiger partial charge in [0.25, 0.3) is 0 Å². The van der Waals surface area contributed by atoms with Crippen molar-refractivity contribution >= 4 is 17.9 Å². The van der Waals surface area contributed by atoms with Crippen LogP contribution in [0.15, 0.2) is 0 Å². The number of urea groups is 1. The molecule has 116 valence electrons. The second-order valence-electron chi connectivity index (χ2n) is 5.13. The zero-order valence-electron chi connectivity index (χ0n) is 12.6. The summed E-state index contributed by atoms with van der Waals surface area (Å²) >= 11 is 0. The maximum Gasteiger partial charge on any atom is 0.321 e. The van der Waals surface area contributed by atoms with Crippen molar-refractivity contribution in [3.8, 4) is 0 Å². The summed E-state index contributed by atoms with van der Waals surface area (Å²) < 4.78 is 0. The van der Waals surface area contributed by atoms with E-state index >= 15 is 0 Å². The average molecular weight is 287 g/mol. The summed E-state index contributed by atoms with van der Waals surface area (Å²) in [5.41, 5.74) is 0. The highest BCUT2D eigenvalue weighted by Crippen LogP contribution is 2.01. The van der Waals surface area contributed by atoms with Gasteiger partial charge in [0.1, 0.15) is 0 Å². The topological polar surface area (TPSA) is 98.7 Å². The van der Waals surface area contributed by atoms with E-state index in [2.05, 4.69) is 10.6 Å². The number of imide groups is 1. The summed E-state index contributed by atoms with van der Waals surface area (Å²) in [6.07, 6.45) is 0.727. The molecule has 0 aromatic rings. The Hall–Kier alpha value is -1.63. The Morgan fingerprint density at radius 3 is 2.25 bits per heavy atom. The zero-order chi connectivity index (χ0) is 15.7. The largest absolute Gasteiger partial charge is 0.480 e. The summed E-state index contributed by atoms with van der Waals surface area (Å²) in [6.45, 7) is 8.10. The second kappa shape index (κ2) is 9.30. The predicted molar refractivity (Wildman–Crippen MR) is 75.3 cm³/mol. The van der Waals surface area contributed by atoms with Crippen LogP contribution in [0.25, 0.3) is 0 Å². The lowest BCUT2D eigenvalue weighted by Crippen LogP contribution is -2.51. The van der Waals surface area contributed by atoms with Crippen LogP contribution in [0, 0.1) is 5.92 Å². The number of rotatable bonds is 8. The van der Waals surface area contributed by atoms with E-state index in [1.165, 1.54) is 4.90 Å². The smallest absolute Gasteiger partial charge is 0.321 e. The van der Waals surface area contributed by atoms with Crippen molar-refractivity contribution < 1.29 is 19.5 Å². The fourth-order valence-corrected chi connectivity index (χ4v) is 1.59. The summed E-state index contributed by atoms with van der Waals surface area (Å²) in [5.74, 6) is -1.21. The van der Waals surface area contributed by atoms with E-state index in [4.69, 9.17) is 5.11 Å². The number of nitrogens with zero attached hydrogens (tertiary/aromatic N) is 1. The van der Waals surface area contributed by atoms with Crippen LogP contribution in [0.1, 0.15) is 34.1 Å². The molecule has 0 rings (SSSR count). The van der Waals surface area contributed by atoms with E-state index < -0.39 is 23.9 Å². The predicted octanol–water partition coefficient (Wildman–Crippen LogP) is 0.653. The van der Waals surface area contributed by atoms with E-state index in [0.29, 0.717) is 13.1 Å². The number of carbonyl (C=O) groups excluding carboxylic acids is 2. The van der Waals surface area contributed by atoms with Crippen LogP contribution in [-0.4, -0.2) is 53.6 Å². The molecule has 3 N–H and O–H groups in total. The third kappa shape index (κ3) is 7.73. The first kappa shape index (κ1) is 18.4. The molecule has 0 aliphatic carbocycles. The third-order valence-electron chi connectivity index (χ3n) is 2.68. The minimum absolute atomic E-state index is 0.226. The van der Waals surface area contributed by atoms with Crippen molar-refractivity contribution in [1.29, 1.82) is 0 Å². The Morgan fingerprint density at radius 1 is 1.20 bits per heavy atom. The van der Waals surface area contributed by atoms with Gasteiger partial charge in [0, 0.05) is 6.54 Å². The van der Waals surface area contributed by atoms with Crippen LogP contribution >= 0.6 is 0 Å². The minimum Gasteiger partial charge on any atom is -0.480 e. The first-order valence-corrected chi connectivity index (χ1v) is 6.82. The van der Waals surface area contributed by atoms with Crippen LogP contribution in [0.2, 0.25) is 0 Å². The van der Waals surface area contributed by atoms with Gasteiger partial charge in [-0.3, -0.25) is 19.8 Å². The Bertz CT molecular complexity index is 345. The van der Waals surface area contributed by atoms with E-state index in [-0.39, 0.29) is 12.5 Å². The fourth-order valence-electron chi connectivity index (χ4n) is 1.59. The number of carbonyl (C=O) groups is 3. The number of hydrogen-bond donors (Lipinski definition) is 3. The fraction of sp³-hybridized carbons (Fsp3) is 0.769. The lowest BCUT2D eigenvalue weighted by Gasteiger charge is -2.25. The Labute approximate surface area is 119 Å². The molecule has 7 heteroatoms. The first-order chi connectivity index (χ1) is 9.27. The van der Waals surface area contributed by atoms with Crippen molar-refractivity contribution in [3.05, 3.63) is 0 Å². The van der Waals surface area contributed by atoms with Crippen molar-refractivity contribution in [2.75, 3.05) is 19.6 Å². The van der Waals surface area contributed by atoms with E-state index in [1.54, 1.807) is 6.92 Å². The number of nitrogens with one attached hydrogen (secondary N) is 2. The lowest BCUT2D eigenvalue weighted by molar-refractivity contribution is -0.139. The molecule has 0 aromatic heterocycles. The number of aliphatic carboxylic acids is 1. The Balaban J connectivity index is 4.41. The molecule has 0 saturated carbocycles. The van der Waals surface area contributed by atoms with Crippen LogP contribution in [-0.2, 0) is 9.59 Å². The molecule has 0 aromatic carbocycles. The van der Waals surface area contributed by atoms with Gasteiger partial charge in [0.2, 0.25) is 5.91 Å². The normalized spacial score (nSPS) is 12.3. The van der Waals surface area contributed by atoms with Crippen LogP contribution in [0.5, 0.6) is 0 Å². The van der Waals surface area contributed by atoms with Gasteiger partial charge >= 0.3 is 12.0 Å². The van der Waals surface area contributed by atoms with Crippen molar-refractivity contribution in [1.82, 2.24) is 15.5 Å². The van der Waals surface area contributed by atoms with Gasteiger partial charge in [-0.25, -0.2) is 4.79 Å². The molecule has 1 atom stereocenters. The lowest BCUT2D eigenvalue weighted by atomic mass is 10.2. The highest BCUT2D eigenvalue weighted by molar-refractivity contribution is 5.96. The molecule has 7 nitrogen and oxygen atoms in total. The van der Waals surface area contributed by atoms with Gasteiger partial charge in [-0.05, 0) is 25.8 Å². The maximum atomic E-state index is 11.9. The highest BCUT2D eigenvalue weighted by Gasteiger charge is 2.23. The number of carboxylic acid groups (broad SMARTS) is 1. The molecule has 0 fully saturated rings. The Morgan fingerprint density at radius 2 is 1.80 bits per heavy atom. The zero-order valence-corrected chi connectivity index (χ0v) is 12.6. The Kier molecular flexibility index (Phi) is 8.54. The van der Waals surface area contributed by atoms with E-state index in [1.807, 2.05) is 20.8 Å². The quantitative estimate of drug-likeness (QED) is 0.609. The van der Waals surface area contributed by atoms with Gasteiger partial charge in [-0.1, -0.05) is 20.8 Å². The molecule has 0 saturated heterocycles. The number of hydrogen-bond acceptors (Lipinski definition) is 4.